The maximum absolute atomic E-state index is 13.2. The lowest BCUT2D eigenvalue weighted by Gasteiger charge is -2.22. The van der Waals surface area contributed by atoms with E-state index in [1.165, 1.54) is 12.1 Å². The highest BCUT2D eigenvalue weighted by Gasteiger charge is 2.30. The maximum atomic E-state index is 13.2. The standard InChI is InChI=1S/C14H11F5N2O2/c15-13(16)8-4-12(22)21(6-14(17,18)19)10-5-9-11(3-7(8)10)23-2-1-20-9/h3-5,13,20H,1-2,6H2. The average molecular weight is 334 g/mol. The summed E-state index contributed by atoms with van der Waals surface area (Å²) in [5.74, 6) is 0.267. The van der Waals surface area contributed by atoms with E-state index in [-0.39, 0.29) is 16.7 Å². The van der Waals surface area contributed by atoms with Gasteiger partial charge in [0.1, 0.15) is 18.9 Å². The van der Waals surface area contributed by atoms with E-state index < -0.39 is 30.3 Å². The summed E-state index contributed by atoms with van der Waals surface area (Å²) in [5.41, 5.74) is -1.57. The molecular formula is C14H11F5N2O2. The lowest BCUT2D eigenvalue weighted by atomic mass is 10.1. The molecular weight excluding hydrogens is 323 g/mol. The van der Waals surface area contributed by atoms with Crippen LogP contribution >= 0.6 is 0 Å². The summed E-state index contributed by atoms with van der Waals surface area (Å²) in [4.78, 5) is 11.9. The predicted molar refractivity (Wildman–Crippen MR) is 73.2 cm³/mol. The number of benzene rings is 1. The van der Waals surface area contributed by atoms with Crippen LogP contribution in [0, 0.1) is 0 Å². The Morgan fingerprint density at radius 1 is 1.26 bits per heavy atom. The van der Waals surface area contributed by atoms with Crippen LogP contribution in [0.1, 0.15) is 12.0 Å². The Morgan fingerprint density at radius 3 is 2.65 bits per heavy atom. The van der Waals surface area contributed by atoms with Crippen molar-refractivity contribution < 1.29 is 26.7 Å². The van der Waals surface area contributed by atoms with E-state index in [0.717, 1.165) is 0 Å². The summed E-state index contributed by atoms with van der Waals surface area (Å²) in [6, 6.07) is 3.02. The minimum atomic E-state index is -4.65. The van der Waals surface area contributed by atoms with Gasteiger partial charge in [0.05, 0.1) is 11.2 Å². The van der Waals surface area contributed by atoms with E-state index >= 15 is 0 Å². The van der Waals surface area contributed by atoms with Gasteiger partial charge >= 0.3 is 6.18 Å². The number of rotatable bonds is 2. The number of ether oxygens (including phenoxy) is 1. The van der Waals surface area contributed by atoms with Crippen LogP contribution in [0.2, 0.25) is 0 Å². The van der Waals surface area contributed by atoms with Crippen LogP contribution in [0.5, 0.6) is 5.75 Å². The average Bonchev–Trinajstić information content (AvgIpc) is 2.47. The molecule has 0 radical (unpaired) electrons. The first-order valence-corrected chi connectivity index (χ1v) is 6.69. The van der Waals surface area contributed by atoms with Gasteiger partial charge in [-0.1, -0.05) is 0 Å². The molecule has 1 aliphatic rings. The van der Waals surface area contributed by atoms with Crippen molar-refractivity contribution in [2.24, 2.45) is 0 Å². The Labute approximate surface area is 126 Å². The summed E-state index contributed by atoms with van der Waals surface area (Å²) >= 11 is 0. The van der Waals surface area contributed by atoms with Crippen LogP contribution in [0.3, 0.4) is 0 Å². The first kappa shape index (κ1) is 15.6. The molecule has 0 unspecified atom stereocenters. The van der Waals surface area contributed by atoms with Crippen molar-refractivity contribution in [1.29, 1.82) is 0 Å². The van der Waals surface area contributed by atoms with Gasteiger partial charge in [-0.3, -0.25) is 9.36 Å². The number of anilines is 1. The largest absolute Gasteiger partial charge is 0.490 e. The number of halogens is 5. The van der Waals surface area contributed by atoms with Gasteiger partial charge in [-0.05, 0) is 12.1 Å². The van der Waals surface area contributed by atoms with Crippen molar-refractivity contribution in [2.75, 3.05) is 18.5 Å². The number of alkyl halides is 5. The number of nitrogens with one attached hydrogen (secondary N) is 1. The molecule has 124 valence electrons. The molecule has 0 bridgehead atoms. The highest BCUT2D eigenvalue weighted by Crippen LogP contribution is 2.36. The second-order valence-electron chi connectivity index (χ2n) is 5.08. The summed E-state index contributed by atoms with van der Waals surface area (Å²) in [6.45, 7) is -0.813. The Hall–Kier alpha value is -2.32. The number of hydrogen-bond donors (Lipinski definition) is 1. The lowest BCUT2D eigenvalue weighted by Crippen LogP contribution is -2.29. The molecule has 1 aliphatic heterocycles. The number of aromatic nitrogens is 1. The molecule has 9 heteroatoms. The van der Waals surface area contributed by atoms with Gasteiger partial charge < -0.3 is 10.1 Å². The van der Waals surface area contributed by atoms with Gasteiger partial charge in [0, 0.05) is 23.6 Å². The molecule has 2 aromatic rings. The fraction of sp³-hybridized carbons (Fsp3) is 0.357. The summed E-state index contributed by atoms with van der Waals surface area (Å²) < 4.78 is 70.2. The van der Waals surface area contributed by atoms with Crippen LogP contribution in [0.25, 0.3) is 10.9 Å². The number of nitrogens with zero attached hydrogens (tertiary/aromatic N) is 1. The van der Waals surface area contributed by atoms with Crippen LogP contribution in [0.15, 0.2) is 23.0 Å². The monoisotopic (exact) mass is 334 g/mol. The molecule has 0 atom stereocenters. The third kappa shape index (κ3) is 2.95. The zero-order valence-electron chi connectivity index (χ0n) is 11.6. The minimum absolute atomic E-state index is 0.133. The van der Waals surface area contributed by atoms with E-state index in [4.69, 9.17) is 4.74 Å². The fourth-order valence-electron chi connectivity index (χ4n) is 2.56. The molecule has 2 heterocycles. The van der Waals surface area contributed by atoms with Crippen molar-refractivity contribution in [1.82, 2.24) is 4.57 Å². The molecule has 0 saturated carbocycles. The van der Waals surface area contributed by atoms with Gasteiger partial charge in [0.2, 0.25) is 0 Å². The minimum Gasteiger partial charge on any atom is -0.490 e. The maximum Gasteiger partial charge on any atom is 0.406 e. The first-order valence-electron chi connectivity index (χ1n) is 6.69. The molecule has 0 amide bonds. The van der Waals surface area contributed by atoms with Crippen LogP contribution in [0.4, 0.5) is 27.6 Å². The SMILES string of the molecule is O=c1cc(C(F)F)c2cc3c(cc2n1CC(F)(F)F)NCCO3. The highest BCUT2D eigenvalue weighted by atomic mass is 19.4. The number of hydrogen-bond acceptors (Lipinski definition) is 3. The highest BCUT2D eigenvalue weighted by molar-refractivity contribution is 5.89. The molecule has 0 aliphatic carbocycles. The quantitative estimate of drug-likeness (QED) is 0.857. The number of pyridine rings is 1. The van der Waals surface area contributed by atoms with E-state index in [2.05, 4.69) is 5.32 Å². The van der Waals surface area contributed by atoms with Crippen LogP contribution in [-0.4, -0.2) is 23.9 Å². The zero-order valence-corrected chi connectivity index (χ0v) is 11.6. The molecule has 23 heavy (non-hydrogen) atoms. The molecule has 1 N–H and O–H groups in total. The smallest absolute Gasteiger partial charge is 0.406 e. The van der Waals surface area contributed by atoms with Crippen molar-refractivity contribution in [3.8, 4) is 5.75 Å². The Bertz CT molecular complexity index is 813. The molecule has 0 spiro atoms. The second-order valence-corrected chi connectivity index (χ2v) is 5.08. The molecule has 0 fully saturated rings. The van der Waals surface area contributed by atoms with Gasteiger partial charge in [-0.2, -0.15) is 13.2 Å². The van der Waals surface area contributed by atoms with Crippen molar-refractivity contribution >= 4 is 16.6 Å². The molecule has 0 saturated heterocycles. The van der Waals surface area contributed by atoms with Gasteiger partial charge in [0.25, 0.3) is 12.0 Å². The Kier molecular flexibility index (Phi) is 3.65. The molecule has 3 rings (SSSR count). The molecule has 1 aromatic carbocycles. The van der Waals surface area contributed by atoms with Gasteiger partial charge in [-0.15, -0.1) is 0 Å². The van der Waals surface area contributed by atoms with Crippen LogP contribution < -0.4 is 15.6 Å². The van der Waals surface area contributed by atoms with Crippen LogP contribution in [-0.2, 0) is 6.54 Å². The molecule has 1 aromatic heterocycles. The van der Waals surface area contributed by atoms with Crippen molar-refractivity contribution in [3.63, 3.8) is 0 Å². The normalized spacial score (nSPS) is 14.5. The van der Waals surface area contributed by atoms with E-state index in [9.17, 15) is 26.7 Å². The Morgan fingerprint density at radius 2 is 2.00 bits per heavy atom. The zero-order chi connectivity index (χ0) is 16.8. The van der Waals surface area contributed by atoms with E-state index in [0.29, 0.717) is 29.5 Å². The third-order valence-corrected chi connectivity index (χ3v) is 3.49. The fourth-order valence-corrected chi connectivity index (χ4v) is 2.56. The van der Waals surface area contributed by atoms with Crippen molar-refractivity contribution in [3.05, 3.63) is 34.1 Å². The van der Waals surface area contributed by atoms with Crippen molar-refractivity contribution in [2.45, 2.75) is 19.1 Å². The summed E-state index contributed by atoms with van der Waals surface area (Å²) in [5, 5.41) is 2.77. The topological polar surface area (TPSA) is 43.3 Å². The predicted octanol–water partition coefficient (Wildman–Crippen LogP) is 3.31. The van der Waals surface area contributed by atoms with E-state index in [1.807, 2.05) is 0 Å². The Balaban J connectivity index is 2.33. The van der Waals surface area contributed by atoms with Gasteiger partial charge in [-0.25, -0.2) is 8.78 Å². The lowest BCUT2D eigenvalue weighted by molar-refractivity contribution is -0.140. The first-order chi connectivity index (χ1) is 10.8. The summed E-state index contributed by atoms with van der Waals surface area (Å²) in [6.07, 6.45) is -7.64. The number of fused-ring (bicyclic) bond motifs is 2. The van der Waals surface area contributed by atoms with Gasteiger partial charge in [0.15, 0.2) is 0 Å². The summed E-state index contributed by atoms with van der Waals surface area (Å²) in [7, 11) is 0. The second kappa shape index (κ2) is 5.39. The van der Waals surface area contributed by atoms with E-state index in [1.54, 1.807) is 0 Å². The molecule has 4 nitrogen and oxygen atoms in total. The third-order valence-electron chi connectivity index (χ3n) is 3.49.